The van der Waals surface area contributed by atoms with Crippen molar-refractivity contribution in [3.63, 3.8) is 0 Å². The van der Waals surface area contributed by atoms with E-state index in [1.165, 1.54) is 24.0 Å². The number of benzene rings is 1. The summed E-state index contributed by atoms with van der Waals surface area (Å²) >= 11 is 0. The molecule has 0 saturated carbocycles. The van der Waals surface area contributed by atoms with Crippen LogP contribution in [0.5, 0.6) is 0 Å². The number of nitrogens with zero attached hydrogens (tertiary/aromatic N) is 4. The zero-order valence-electron chi connectivity index (χ0n) is 15.5. The van der Waals surface area contributed by atoms with Gasteiger partial charge in [0.25, 0.3) is 0 Å². The van der Waals surface area contributed by atoms with Gasteiger partial charge in [-0.15, -0.1) is 0 Å². The molecule has 1 aliphatic rings. The van der Waals surface area contributed by atoms with Crippen LogP contribution in [-0.2, 0) is 9.59 Å². The Kier molecular flexibility index (Phi) is 5.73. The Morgan fingerprint density at radius 3 is 2.41 bits per heavy atom. The monoisotopic (exact) mass is 374 g/mol. The number of halogens is 1. The van der Waals surface area contributed by atoms with Crippen LogP contribution in [0.25, 0.3) is 0 Å². The van der Waals surface area contributed by atoms with E-state index >= 15 is 0 Å². The SMILES string of the molecule is CC(=O)N(CCC(=O)N1CCN(c2ccc(F)cc2)CC1)c1cc(C)on1. The molecular weight excluding hydrogens is 351 g/mol. The molecule has 0 unspecified atom stereocenters. The third-order valence-corrected chi connectivity index (χ3v) is 4.65. The Morgan fingerprint density at radius 1 is 1.19 bits per heavy atom. The molecule has 2 amide bonds. The second-order valence-corrected chi connectivity index (χ2v) is 6.56. The van der Waals surface area contributed by atoms with Crippen LogP contribution in [0.3, 0.4) is 0 Å². The maximum absolute atomic E-state index is 13.0. The van der Waals surface area contributed by atoms with Crippen LogP contribution in [0, 0.1) is 12.7 Å². The van der Waals surface area contributed by atoms with E-state index in [1.54, 1.807) is 30.0 Å². The molecule has 7 nitrogen and oxygen atoms in total. The van der Waals surface area contributed by atoms with Crippen molar-refractivity contribution in [2.75, 3.05) is 42.5 Å². The minimum atomic E-state index is -0.259. The predicted molar refractivity (Wildman–Crippen MR) is 99.1 cm³/mol. The van der Waals surface area contributed by atoms with Gasteiger partial charge in [-0.3, -0.25) is 14.5 Å². The van der Waals surface area contributed by atoms with Crippen LogP contribution in [0.4, 0.5) is 15.9 Å². The first kappa shape index (κ1) is 18.9. The summed E-state index contributed by atoms with van der Waals surface area (Å²) in [5.74, 6) is 0.593. The quantitative estimate of drug-likeness (QED) is 0.803. The van der Waals surface area contributed by atoms with Gasteiger partial charge in [0, 0.05) is 57.8 Å². The molecule has 27 heavy (non-hydrogen) atoms. The number of amides is 2. The van der Waals surface area contributed by atoms with Crippen molar-refractivity contribution in [1.29, 1.82) is 0 Å². The standard InChI is InChI=1S/C19H23FN4O3/c1-14-13-18(21-27-14)24(15(2)25)8-7-19(26)23-11-9-22(10-12-23)17-5-3-16(20)4-6-17/h3-6,13H,7-12H2,1-2H3. The van der Waals surface area contributed by atoms with Crippen molar-refractivity contribution in [3.8, 4) is 0 Å². The van der Waals surface area contributed by atoms with Crippen LogP contribution in [0.15, 0.2) is 34.9 Å². The minimum Gasteiger partial charge on any atom is -0.368 e. The largest absolute Gasteiger partial charge is 0.368 e. The van der Waals surface area contributed by atoms with Crippen LogP contribution < -0.4 is 9.80 Å². The third kappa shape index (κ3) is 4.64. The lowest BCUT2D eigenvalue weighted by molar-refractivity contribution is -0.131. The zero-order valence-corrected chi connectivity index (χ0v) is 15.5. The number of aryl methyl sites for hydroxylation is 1. The average Bonchev–Trinajstić information content (AvgIpc) is 3.08. The van der Waals surface area contributed by atoms with Gasteiger partial charge < -0.3 is 14.3 Å². The average molecular weight is 374 g/mol. The van der Waals surface area contributed by atoms with Crippen LogP contribution in [-0.4, -0.2) is 54.6 Å². The van der Waals surface area contributed by atoms with Crippen molar-refractivity contribution in [3.05, 3.63) is 41.9 Å². The first-order valence-electron chi connectivity index (χ1n) is 8.94. The first-order chi connectivity index (χ1) is 12.9. The van der Waals surface area contributed by atoms with Crippen molar-refractivity contribution >= 4 is 23.3 Å². The lowest BCUT2D eigenvalue weighted by Crippen LogP contribution is -2.49. The van der Waals surface area contributed by atoms with E-state index in [4.69, 9.17) is 4.52 Å². The number of rotatable bonds is 5. The number of aromatic nitrogens is 1. The van der Waals surface area contributed by atoms with Gasteiger partial charge in [-0.1, -0.05) is 5.16 Å². The summed E-state index contributed by atoms with van der Waals surface area (Å²) in [6.45, 7) is 6.03. The topological polar surface area (TPSA) is 69.9 Å². The maximum atomic E-state index is 13.0. The van der Waals surface area contributed by atoms with Gasteiger partial charge in [0.15, 0.2) is 5.82 Å². The molecular formula is C19H23FN4O3. The molecule has 1 fully saturated rings. The number of carbonyl (C=O) groups excluding carboxylic acids is 2. The lowest BCUT2D eigenvalue weighted by Gasteiger charge is -2.36. The molecule has 0 aliphatic carbocycles. The molecule has 1 saturated heterocycles. The molecule has 1 aromatic heterocycles. The fourth-order valence-electron chi connectivity index (χ4n) is 3.15. The smallest absolute Gasteiger partial charge is 0.225 e. The highest BCUT2D eigenvalue weighted by atomic mass is 19.1. The number of hydrogen-bond acceptors (Lipinski definition) is 5. The van der Waals surface area contributed by atoms with E-state index < -0.39 is 0 Å². The number of piperazine rings is 1. The molecule has 1 aromatic carbocycles. The van der Waals surface area contributed by atoms with E-state index in [0.717, 1.165) is 5.69 Å². The predicted octanol–water partition coefficient (Wildman–Crippen LogP) is 2.21. The highest BCUT2D eigenvalue weighted by molar-refractivity contribution is 5.91. The second-order valence-electron chi connectivity index (χ2n) is 6.56. The van der Waals surface area contributed by atoms with Crippen molar-refractivity contribution in [1.82, 2.24) is 10.1 Å². The normalized spacial score (nSPS) is 14.3. The summed E-state index contributed by atoms with van der Waals surface area (Å²) in [6, 6.07) is 8.05. The zero-order chi connectivity index (χ0) is 19.4. The summed E-state index contributed by atoms with van der Waals surface area (Å²) in [5, 5.41) is 3.85. The Bertz CT molecular complexity index is 798. The Morgan fingerprint density at radius 2 is 1.85 bits per heavy atom. The van der Waals surface area contributed by atoms with Gasteiger partial charge in [-0.05, 0) is 31.2 Å². The van der Waals surface area contributed by atoms with Crippen molar-refractivity contribution < 1.29 is 18.5 Å². The fourth-order valence-corrected chi connectivity index (χ4v) is 3.15. The van der Waals surface area contributed by atoms with Crippen molar-refractivity contribution in [2.45, 2.75) is 20.3 Å². The van der Waals surface area contributed by atoms with E-state index in [1.807, 2.05) is 0 Å². The Balaban J connectivity index is 1.51. The van der Waals surface area contributed by atoms with Crippen molar-refractivity contribution in [2.24, 2.45) is 0 Å². The fraction of sp³-hybridized carbons (Fsp3) is 0.421. The van der Waals surface area contributed by atoms with E-state index in [0.29, 0.717) is 37.8 Å². The molecule has 2 aromatic rings. The van der Waals surface area contributed by atoms with Crippen LogP contribution >= 0.6 is 0 Å². The maximum Gasteiger partial charge on any atom is 0.225 e. The molecule has 0 bridgehead atoms. The van der Waals surface area contributed by atoms with E-state index in [2.05, 4.69) is 10.1 Å². The molecule has 2 heterocycles. The molecule has 144 valence electrons. The van der Waals surface area contributed by atoms with Crippen LogP contribution in [0.1, 0.15) is 19.1 Å². The highest BCUT2D eigenvalue weighted by Crippen LogP contribution is 2.18. The molecule has 1 aliphatic heterocycles. The summed E-state index contributed by atoms with van der Waals surface area (Å²) < 4.78 is 18.1. The van der Waals surface area contributed by atoms with Gasteiger partial charge in [0.2, 0.25) is 11.8 Å². The lowest BCUT2D eigenvalue weighted by atomic mass is 10.2. The van der Waals surface area contributed by atoms with E-state index in [9.17, 15) is 14.0 Å². The summed E-state index contributed by atoms with van der Waals surface area (Å²) in [6.07, 6.45) is 0.224. The highest BCUT2D eigenvalue weighted by Gasteiger charge is 2.23. The molecule has 0 radical (unpaired) electrons. The number of carbonyl (C=O) groups is 2. The van der Waals surface area contributed by atoms with Gasteiger partial charge in [0.05, 0.1) is 0 Å². The summed E-state index contributed by atoms with van der Waals surface area (Å²) in [4.78, 5) is 29.8. The molecule has 3 rings (SSSR count). The van der Waals surface area contributed by atoms with Gasteiger partial charge in [-0.25, -0.2) is 4.39 Å². The third-order valence-electron chi connectivity index (χ3n) is 4.65. The first-order valence-corrected chi connectivity index (χ1v) is 8.94. The molecule has 8 heteroatoms. The van der Waals surface area contributed by atoms with E-state index in [-0.39, 0.29) is 30.6 Å². The molecule has 0 spiro atoms. The molecule has 0 atom stereocenters. The minimum absolute atomic E-state index is 0.000206. The van der Waals surface area contributed by atoms with Gasteiger partial charge in [-0.2, -0.15) is 0 Å². The van der Waals surface area contributed by atoms with Gasteiger partial charge in [0.1, 0.15) is 11.6 Å². The Labute approximate surface area is 157 Å². The number of hydrogen-bond donors (Lipinski definition) is 0. The summed E-state index contributed by atoms with van der Waals surface area (Å²) in [7, 11) is 0. The van der Waals surface area contributed by atoms with Gasteiger partial charge >= 0.3 is 0 Å². The summed E-state index contributed by atoms with van der Waals surface area (Å²) in [5.41, 5.74) is 0.952. The second kappa shape index (κ2) is 8.20. The Hall–Kier alpha value is -2.90. The molecule has 0 N–H and O–H groups in total. The van der Waals surface area contributed by atoms with Crippen LogP contribution in [0.2, 0.25) is 0 Å². The number of anilines is 2.